The van der Waals surface area contributed by atoms with E-state index < -0.39 is 11.7 Å². The van der Waals surface area contributed by atoms with Gasteiger partial charge < -0.3 is 14.7 Å². The van der Waals surface area contributed by atoms with Crippen LogP contribution in [0.2, 0.25) is 0 Å². The highest BCUT2D eigenvalue weighted by Gasteiger charge is 2.36. The van der Waals surface area contributed by atoms with Gasteiger partial charge in [0, 0.05) is 51.0 Å². The molecule has 1 aliphatic heterocycles. The molecule has 0 unspecified atom stereocenters. The Morgan fingerprint density at radius 2 is 1.53 bits per heavy atom. The zero-order valence-corrected chi connectivity index (χ0v) is 19.5. The van der Waals surface area contributed by atoms with E-state index in [1.807, 2.05) is 49.9 Å². The first-order valence-corrected chi connectivity index (χ1v) is 11.4. The van der Waals surface area contributed by atoms with Crippen LogP contribution in [0.5, 0.6) is 0 Å². The zero-order valence-electron chi connectivity index (χ0n) is 19.5. The third kappa shape index (κ3) is 5.05. The van der Waals surface area contributed by atoms with Gasteiger partial charge in [0.15, 0.2) is 5.82 Å². The van der Waals surface area contributed by atoms with Crippen molar-refractivity contribution in [3.8, 4) is 11.4 Å². The number of nitrogens with zero attached hydrogens (tertiary/aromatic N) is 7. The van der Waals surface area contributed by atoms with Gasteiger partial charge in [0.2, 0.25) is 11.9 Å². The van der Waals surface area contributed by atoms with E-state index >= 15 is 0 Å². The van der Waals surface area contributed by atoms with Crippen molar-refractivity contribution in [1.82, 2.24) is 19.9 Å². The molecule has 1 fully saturated rings. The number of rotatable bonds is 6. The molecule has 0 amide bonds. The van der Waals surface area contributed by atoms with Crippen LogP contribution >= 0.6 is 0 Å². The van der Waals surface area contributed by atoms with E-state index in [0.717, 1.165) is 30.3 Å². The third-order valence-electron chi connectivity index (χ3n) is 5.92. The van der Waals surface area contributed by atoms with Crippen LogP contribution in [0, 0.1) is 6.92 Å². The van der Waals surface area contributed by atoms with Gasteiger partial charge in [-0.2, -0.15) is 28.1 Å². The summed E-state index contributed by atoms with van der Waals surface area (Å²) in [4.78, 5) is 23.9. The fourth-order valence-corrected chi connectivity index (χ4v) is 3.96. The van der Waals surface area contributed by atoms with Crippen LogP contribution in [0.1, 0.15) is 25.0 Å². The number of aryl methyl sites for hydroxylation is 1. The van der Waals surface area contributed by atoms with Crippen LogP contribution in [0.4, 0.5) is 30.9 Å². The Morgan fingerprint density at radius 3 is 2.15 bits per heavy atom. The lowest BCUT2D eigenvalue weighted by molar-refractivity contribution is -0.137. The van der Waals surface area contributed by atoms with Crippen LogP contribution in [0.25, 0.3) is 11.4 Å². The maximum Gasteiger partial charge on any atom is 0.419 e. The molecule has 1 aliphatic rings. The van der Waals surface area contributed by atoms with Crippen molar-refractivity contribution in [2.75, 3.05) is 54.0 Å². The van der Waals surface area contributed by atoms with E-state index in [9.17, 15) is 13.2 Å². The summed E-state index contributed by atoms with van der Waals surface area (Å²) >= 11 is 0. The van der Waals surface area contributed by atoms with Crippen molar-refractivity contribution in [3.63, 3.8) is 0 Å². The van der Waals surface area contributed by atoms with Crippen molar-refractivity contribution < 1.29 is 13.2 Å². The lowest BCUT2D eigenvalue weighted by Crippen LogP contribution is -2.48. The fraction of sp³-hybridized carbons (Fsp3) is 0.417. The van der Waals surface area contributed by atoms with Crippen LogP contribution in [0.3, 0.4) is 0 Å². The Labute approximate surface area is 197 Å². The first-order valence-electron chi connectivity index (χ1n) is 11.4. The minimum atomic E-state index is -4.45. The molecule has 1 aromatic carbocycles. The summed E-state index contributed by atoms with van der Waals surface area (Å²) in [6.07, 6.45) is -3.05. The largest absolute Gasteiger partial charge is 0.419 e. The highest BCUT2D eigenvalue weighted by molar-refractivity contribution is 5.59. The number of aromatic nitrogens is 4. The van der Waals surface area contributed by atoms with Crippen molar-refractivity contribution in [2.45, 2.75) is 26.9 Å². The van der Waals surface area contributed by atoms with E-state index in [4.69, 9.17) is 15.0 Å². The van der Waals surface area contributed by atoms with Crippen molar-refractivity contribution in [3.05, 3.63) is 53.7 Å². The summed E-state index contributed by atoms with van der Waals surface area (Å²) in [5.41, 5.74) is 1.32. The molecule has 34 heavy (non-hydrogen) atoms. The molecule has 0 atom stereocenters. The monoisotopic (exact) mass is 471 g/mol. The predicted molar refractivity (Wildman–Crippen MR) is 127 cm³/mol. The van der Waals surface area contributed by atoms with Gasteiger partial charge in [-0.15, -0.1) is 0 Å². The topological polar surface area (TPSA) is 61.3 Å². The maximum atomic E-state index is 13.5. The molecule has 180 valence electrons. The highest BCUT2D eigenvalue weighted by Crippen LogP contribution is 2.35. The van der Waals surface area contributed by atoms with Gasteiger partial charge in [-0.3, -0.25) is 0 Å². The number of halogens is 3. The molecular weight excluding hydrogens is 443 g/mol. The Balaban J connectivity index is 1.61. The molecule has 3 aromatic rings. The average Bonchev–Trinajstić information content (AvgIpc) is 2.85. The van der Waals surface area contributed by atoms with Gasteiger partial charge in [-0.1, -0.05) is 29.8 Å². The van der Waals surface area contributed by atoms with Gasteiger partial charge in [0.25, 0.3) is 0 Å². The van der Waals surface area contributed by atoms with E-state index in [1.165, 1.54) is 12.3 Å². The summed E-state index contributed by atoms with van der Waals surface area (Å²) in [6, 6.07) is 10.4. The minimum absolute atomic E-state index is 0.0329. The molecule has 0 spiro atoms. The zero-order chi connectivity index (χ0) is 24.3. The van der Waals surface area contributed by atoms with Gasteiger partial charge in [-0.25, -0.2) is 4.98 Å². The first kappa shape index (κ1) is 23.7. The average molecular weight is 472 g/mol. The summed E-state index contributed by atoms with van der Waals surface area (Å²) in [5, 5.41) is 0. The molecule has 10 heteroatoms. The number of hydrogen-bond donors (Lipinski definition) is 0. The molecule has 4 rings (SSSR count). The normalized spacial score (nSPS) is 14.4. The molecule has 7 nitrogen and oxygen atoms in total. The number of pyridine rings is 1. The number of anilines is 3. The predicted octanol–water partition coefficient (Wildman–Crippen LogP) is 4.43. The lowest BCUT2D eigenvalue weighted by Gasteiger charge is -2.36. The smallest absolute Gasteiger partial charge is 0.353 e. The molecule has 0 radical (unpaired) electrons. The van der Waals surface area contributed by atoms with E-state index in [1.54, 1.807) is 4.90 Å². The van der Waals surface area contributed by atoms with Crippen LogP contribution in [0.15, 0.2) is 42.6 Å². The second-order valence-corrected chi connectivity index (χ2v) is 8.14. The Kier molecular flexibility index (Phi) is 6.85. The van der Waals surface area contributed by atoms with Crippen molar-refractivity contribution in [2.24, 2.45) is 0 Å². The molecule has 0 aliphatic carbocycles. The quantitative estimate of drug-likeness (QED) is 0.527. The molecular formula is C24H28F3N7. The van der Waals surface area contributed by atoms with Gasteiger partial charge in [0.05, 0.1) is 5.56 Å². The molecule has 0 bridgehead atoms. The van der Waals surface area contributed by atoms with Crippen molar-refractivity contribution >= 4 is 17.7 Å². The van der Waals surface area contributed by atoms with E-state index in [-0.39, 0.29) is 5.82 Å². The number of alkyl halides is 3. The van der Waals surface area contributed by atoms with Gasteiger partial charge >= 0.3 is 6.18 Å². The van der Waals surface area contributed by atoms with Crippen LogP contribution in [-0.2, 0) is 6.18 Å². The second-order valence-electron chi connectivity index (χ2n) is 8.14. The highest BCUT2D eigenvalue weighted by atomic mass is 19.4. The van der Waals surface area contributed by atoms with E-state index in [2.05, 4.69) is 9.88 Å². The third-order valence-corrected chi connectivity index (χ3v) is 5.92. The van der Waals surface area contributed by atoms with Crippen LogP contribution < -0.4 is 14.7 Å². The fourth-order valence-electron chi connectivity index (χ4n) is 3.96. The maximum absolute atomic E-state index is 13.5. The van der Waals surface area contributed by atoms with Crippen molar-refractivity contribution in [1.29, 1.82) is 0 Å². The first-order chi connectivity index (χ1) is 16.3. The molecule has 3 heterocycles. The minimum Gasteiger partial charge on any atom is -0.353 e. The Morgan fingerprint density at radius 1 is 0.882 bits per heavy atom. The number of hydrogen-bond acceptors (Lipinski definition) is 7. The molecule has 0 saturated carbocycles. The second kappa shape index (κ2) is 9.82. The van der Waals surface area contributed by atoms with Gasteiger partial charge in [-0.05, 0) is 32.9 Å². The SMILES string of the molecule is CCN(CC)c1nc(-c2ccc(C)cc2)nc(N2CCN(c3ncccc3C(F)(F)F)CC2)n1. The Hall–Kier alpha value is -3.43. The number of benzene rings is 1. The summed E-state index contributed by atoms with van der Waals surface area (Å²) in [7, 11) is 0. The van der Waals surface area contributed by atoms with Crippen LogP contribution in [-0.4, -0.2) is 59.2 Å². The summed E-state index contributed by atoms with van der Waals surface area (Å²) in [5.74, 6) is 1.68. The van der Waals surface area contributed by atoms with E-state index in [0.29, 0.717) is 43.9 Å². The lowest BCUT2D eigenvalue weighted by atomic mass is 10.1. The molecule has 1 saturated heterocycles. The Bertz CT molecular complexity index is 1110. The molecule has 0 N–H and O–H groups in total. The standard InChI is InChI=1S/C24H28F3N7/c1-4-32(5-2)22-29-20(18-10-8-17(3)9-11-18)30-23(31-22)34-15-13-33(14-16-34)21-19(24(25,26)27)7-6-12-28-21/h6-12H,4-5,13-16H2,1-3H3. The molecule has 2 aromatic heterocycles. The summed E-state index contributed by atoms with van der Waals surface area (Å²) in [6.45, 7) is 9.33. The number of piperazine rings is 1. The van der Waals surface area contributed by atoms with Gasteiger partial charge in [0.1, 0.15) is 5.82 Å². The summed E-state index contributed by atoms with van der Waals surface area (Å²) < 4.78 is 40.4.